The molecule has 0 aromatic heterocycles. The summed E-state index contributed by atoms with van der Waals surface area (Å²) in [6, 6.07) is 0.0989. The third kappa shape index (κ3) is 6.95. The van der Waals surface area contributed by atoms with Crippen molar-refractivity contribution in [1.29, 1.82) is 0 Å². The molecule has 2 N–H and O–H groups in total. The Labute approximate surface area is 81.0 Å². The Bertz CT molecular complexity index is 112. The van der Waals surface area contributed by atoms with Gasteiger partial charge in [0.05, 0.1) is 13.2 Å². The third-order valence-electron chi connectivity index (χ3n) is 1.93. The van der Waals surface area contributed by atoms with Gasteiger partial charge in [0.2, 0.25) is 0 Å². The van der Waals surface area contributed by atoms with Gasteiger partial charge in [-0.1, -0.05) is 6.92 Å². The summed E-state index contributed by atoms with van der Waals surface area (Å²) >= 11 is 0. The molecule has 0 spiro atoms. The predicted octanol–water partition coefficient (Wildman–Crippen LogP) is -0.0716. The van der Waals surface area contributed by atoms with Gasteiger partial charge in [0, 0.05) is 33.4 Å². The highest BCUT2D eigenvalue weighted by atomic mass is 16.5. The minimum Gasteiger partial charge on any atom is -0.383 e. The van der Waals surface area contributed by atoms with Crippen molar-refractivity contribution in [2.45, 2.75) is 13.0 Å². The lowest BCUT2D eigenvalue weighted by atomic mass is 10.3. The van der Waals surface area contributed by atoms with Crippen LogP contribution in [-0.4, -0.2) is 58.0 Å². The Morgan fingerprint density at radius 2 is 2.00 bits per heavy atom. The molecule has 1 atom stereocenters. The van der Waals surface area contributed by atoms with Gasteiger partial charge in [0.25, 0.3) is 0 Å². The van der Waals surface area contributed by atoms with Crippen molar-refractivity contribution in [2.24, 2.45) is 5.73 Å². The maximum atomic E-state index is 5.82. The minimum absolute atomic E-state index is 0.0989. The first kappa shape index (κ1) is 12.8. The average molecular weight is 190 g/mol. The molecule has 0 bridgehead atoms. The summed E-state index contributed by atoms with van der Waals surface area (Å²) in [6.07, 6.45) is 0. The molecular formula is C9H22N2O2. The Morgan fingerprint density at radius 3 is 2.46 bits per heavy atom. The molecule has 0 rings (SSSR count). The molecule has 0 aromatic carbocycles. The van der Waals surface area contributed by atoms with Gasteiger partial charge >= 0.3 is 0 Å². The second kappa shape index (κ2) is 8.44. The normalized spacial score (nSPS) is 13.6. The molecule has 0 aliphatic heterocycles. The second-order valence-electron chi connectivity index (χ2n) is 3.10. The summed E-state index contributed by atoms with van der Waals surface area (Å²) < 4.78 is 9.97. The average Bonchev–Trinajstić information content (AvgIpc) is 2.12. The van der Waals surface area contributed by atoms with Gasteiger partial charge in [0.1, 0.15) is 0 Å². The van der Waals surface area contributed by atoms with Crippen LogP contribution in [0.4, 0.5) is 0 Å². The van der Waals surface area contributed by atoms with E-state index in [2.05, 4.69) is 11.8 Å². The molecule has 0 aliphatic rings. The summed E-state index contributed by atoms with van der Waals surface area (Å²) in [7, 11) is 3.38. The molecule has 0 saturated carbocycles. The van der Waals surface area contributed by atoms with Gasteiger partial charge < -0.3 is 15.2 Å². The smallest absolute Gasteiger partial charge is 0.0626 e. The summed E-state index contributed by atoms with van der Waals surface area (Å²) in [5.41, 5.74) is 5.82. The Balaban J connectivity index is 3.56. The lowest BCUT2D eigenvalue weighted by Gasteiger charge is -2.23. The molecule has 0 saturated heterocycles. The van der Waals surface area contributed by atoms with Crippen molar-refractivity contribution < 1.29 is 9.47 Å². The zero-order valence-electron chi connectivity index (χ0n) is 8.95. The molecule has 0 aromatic rings. The third-order valence-corrected chi connectivity index (χ3v) is 1.93. The lowest BCUT2D eigenvalue weighted by Crippen LogP contribution is -2.41. The van der Waals surface area contributed by atoms with Crippen LogP contribution < -0.4 is 5.73 Å². The molecule has 0 heterocycles. The Morgan fingerprint density at radius 1 is 1.31 bits per heavy atom. The SMILES string of the molecule is CCN(CCOC)CC(N)COC. The number of hydrogen-bond acceptors (Lipinski definition) is 4. The first-order chi connectivity index (χ1) is 6.24. The molecule has 0 amide bonds. The molecule has 4 heteroatoms. The number of hydrogen-bond donors (Lipinski definition) is 1. The van der Waals surface area contributed by atoms with Crippen LogP contribution in [0.1, 0.15) is 6.92 Å². The fourth-order valence-electron chi connectivity index (χ4n) is 1.20. The molecule has 0 aliphatic carbocycles. The van der Waals surface area contributed by atoms with Gasteiger partial charge in [0.15, 0.2) is 0 Å². The van der Waals surface area contributed by atoms with Crippen LogP contribution >= 0.6 is 0 Å². The van der Waals surface area contributed by atoms with E-state index in [1.165, 1.54) is 0 Å². The van der Waals surface area contributed by atoms with Crippen molar-refractivity contribution >= 4 is 0 Å². The van der Waals surface area contributed by atoms with Crippen LogP contribution in [0.15, 0.2) is 0 Å². The topological polar surface area (TPSA) is 47.7 Å². The summed E-state index contributed by atoms with van der Waals surface area (Å²) in [6.45, 7) is 6.30. The Kier molecular flexibility index (Phi) is 8.33. The van der Waals surface area contributed by atoms with E-state index in [9.17, 15) is 0 Å². The summed E-state index contributed by atoms with van der Waals surface area (Å²) in [5, 5.41) is 0. The molecule has 13 heavy (non-hydrogen) atoms. The first-order valence-electron chi connectivity index (χ1n) is 4.70. The van der Waals surface area contributed by atoms with Gasteiger partial charge in [-0.3, -0.25) is 4.90 Å². The van der Waals surface area contributed by atoms with Gasteiger partial charge in [-0.05, 0) is 6.54 Å². The van der Waals surface area contributed by atoms with E-state index in [0.717, 1.165) is 26.2 Å². The number of rotatable bonds is 8. The lowest BCUT2D eigenvalue weighted by molar-refractivity contribution is 0.126. The predicted molar refractivity (Wildman–Crippen MR) is 53.8 cm³/mol. The number of methoxy groups -OCH3 is 2. The van der Waals surface area contributed by atoms with Crippen LogP contribution in [0.5, 0.6) is 0 Å². The van der Waals surface area contributed by atoms with Gasteiger partial charge in [-0.15, -0.1) is 0 Å². The molecule has 0 radical (unpaired) electrons. The highest BCUT2D eigenvalue weighted by molar-refractivity contribution is 4.66. The van der Waals surface area contributed by atoms with Crippen molar-refractivity contribution in [2.75, 3.05) is 47.1 Å². The molecule has 4 nitrogen and oxygen atoms in total. The van der Waals surface area contributed by atoms with E-state index in [1.807, 2.05) is 0 Å². The van der Waals surface area contributed by atoms with Crippen molar-refractivity contribution in [3.05, 3.63) is 0 Å². The summed E-state index contributed by atoms with van der Waals surface area (Å²) in [5.74, 6) is 0. The van der Waals surface area contributed by atoms with Crippen LogP contribution in [0, 0.1) is 0 Å². The van der Waals surface area contributed by atoms with E-state index in [1.54, 1.807) is 14.2 Å². The highest BCUT2D eigenvalue weighted by Crippen LogP contribution is 1.91. The second-order valence-corrected chi connectivity index (χ2v) is 3.10. The van der Waals surface area contributed by atoms with Crippen LogP contribution in [0.3, 0.4) is 0 Å². The van der Waals surface area contributed by atoms with Crippen molar-refractivity contribution in [3.8, 4) is 0 Å². The van der Waals surface area contributed by atoms with E-state index >= 15 is 0 Å². The molecule has 1 unspecified atom stereocenters. The van der Waals surface area contributed by atoms with Gasteiger partial charge in [-0.25, -0.2) is 0 Å². The van der Waals surface area contributed by atoms with E-state index < -0.39 is 0 Å². The van der Waals surface area contributed by atoms with Crippen LogP contribution in [0.25, 0.3) is 0 Å². The Hall–Kier alpha value is -0.160. The monoisotopic (exact) mass is 190 g/mol. The largest absolute Gasteiger partial charge is 0.383 e. The molecule has 80 valence electrons. The zero-order valence-corrected chi connectivity index (χ0v) is 8.95. The fourth-order valence-corrected chi connectivity index (χ4v) is 1.20. The molecule has 0 fully saturated rings. The molecular weight excluding hydrogens is 168 g/mol. The standard InChI is InChI=1S/C9H22N2O2/c1-4-11(5-6-12-2)7-9(10)8-13-3/h9H,4-8,10H2,1-3H3. The van der Waals surface area contributed by atoms with Crippen LogP contribution in [0.2, 0.25) is 0 Å². The first-order valence-corrected chi connectivity index (χ1v) is 4.70. The van der Waals surface area contributed by atoms with Crippen molar-refractivity contribution in [3.63, 3.8) is 0 Å². The number of ether oxygens (including phenoxy) is 2. The van der Waals surface area contributed by atoms with E-state index in [4.69, 9.17) is 15.2 Å². The maximum absolute atomic E-state index is 5.82. The van der Waals surface area contributed by atoms with E-state index in [0.29, 0.717) is 6.61 Å². The zero-order chi connectivity index (χ0) is 10.1. The highest BCUT2D eigenvalue weighted by Gasteiger charge is 2.07. The maximum Gasteiger partial charge on any atom is 0.0626 e. The number of nitrogens with two attached hydrogens (primary N) is 1. The van der Waals surface area contributed by atoms with Crippen LogP contribution in [-0.2, 0) is 9.47 Å². The number of nitrogens with zero attached hydrogens (tertiary/aromatic N) is 1. The van der Waals surface area contributed by atoms with E-state index in [-0.39, 0.29) is 6.04 Å². The van der Waals surface area contributed by atoms with Gasteiger partial charge in [-0.2, -0.15) is 0 Å². The minimum atomic E-state index is 0.0989. The van der Waals surface area contributed by atoms with Crippen molar-refractivity contribution in [1.82, 2.24) is 4.90 Å². The number of likely N-dealkylation sites (N-methyl/N-ethyl adjacent to an activating group) is 1. The summed E-state index contributed by atoms with van der Waals surface area (Å²) in [4.78, 5) is 2.26. The fraction of sp³-hybridized carbons (Fsp3) is 1.00. The quantitative estimate of drug-likeness (QED) is 0.582.